The number of nitrogens with zero attached hydrogens (tertiary/aromatic N) is 5. The van der Waals surface area contributed by atoms with Crippen molar-refractivity contribution in [3.8, 4) is 0 Å². The van der Waals surface area contributed by atoms with Gasteiger partial charge in [-0.2, -0.15) is 5.10 Å². The van der Waals surface area contributed by atoms with Gasteiger partial charge in [0.2, 0.25) is 0 Å². The first kappa shape index (κ1) is 21.0. The van der Waals surface area contributed by atoms with Crippen LogP contribution >= 0.6 is 11.8 Å². The zero-order chi connectivity index (χ0) is 22.1. The number of hydrogen-bond donors (Lipinski definition) is 0. The number of rotatable bonds is 6. The van der Waals surface area contributed by atoms with Gasteiger partial charge in [-0.25, -0.2) is 4.68 Å². The summed E-state index contributed by atoms with van der Waals surface area (Å²) >= 11 is 1.37. The number of aryl methyl sites for hydroxylation is 3. The molecule has 7 nitrogen and oxygen atoms in total. The summed E-state index contributed by atoms with van der Waals surface area (Å²) in [6.07, 6.45) is 0.434. The zero-order valence-electron chi connectivity index (χ0n) is 17.9. The van der Waals surface area contributed by atoms with Gasteiger partial charge in [-0.1, -0.05) is 53.7 Å². The summed E-state index contributed by atoms with van der Waals surface area (Å²) in [5.74, 6) is 1.08. The summed E-state index contributed by atoms with van der Waals surface area (Å²) in [5.41, 5.74) is 3.49. The Morgan fingerprint density at radius 3 is 2.52 bits per heavy atom. The minimum atomic E-state index is -0.126. The fourth-order valence-electron chi connectivity index (χ4n) is 3.62. The third-order valence-corrected chi connectivity index (χ3v) is 6.32. The largest absolute Gasteiger partial charge is 0.309 e. The lowest BCUT2D eigenvalue weighted by molar-refractivity contribution is 0.102. The topological polar surface area (TPSA) is 82.7 Å². The first-order valence-electron chi connectivity index (χ1n) is 9.91. The van der Waals surface area contributed by atoms with Crippen LogP contribution in [-0.4, -0.2) is 36.1 Å². The third-order valence-electron chi connectivity index (χ3n) is 5.30. The molecule has 0 amide bonds. The molecule has 0 saturated heterocycles. The molecule has 4 aromatic rings. The zero-order valence-corrected chi connectivity index (χ0v) is 18.7. The van der Waals surface area contributed by atoms with Gasteiger partial charge >= 0.3 is 0 Å². The lowest BCUT2D eigenvalue weighted by Crippen LogP contribution is -2.21. The predicted molar refractivity (Wildman–Crippen MR) is 122 cm³/mol. The molecule has 2 heterocycles. The quantitative estimate of drug-likeness (QED) is 0.343. The average molecular weight is 434 g/mol. The Hall–Kier alpha value is -3.26. The highest BCUT2D eigenvalue weighted by Gasteiger charge is 2.16. The first-order chi connectivity index (χ1) is 14.8. The molecular weight excluding hydrogens is 410 g/mol. The van der Waals surface area contributed by atoms with E-state index in [0.717, 1.165) is 33.6 Å². The number of thioether (sulfide) groups is 1. The normalized spacial score (nSPS) is 11.2. The van der Waals surface area contributed by atoms with Crippen LogP contribution < -0.4 is 5.56 Å². The number of Topliss-reactive ketones (excluding diaryl/α,β-unsaturated/α-hetero) is 1. The molecule has 31 heavy (non-hydrogen) atoms. The highest BCUT2D eigenvalue weighted by molar-refractivity contribution is 7.99. The molecule has 8 heteroatoms. The van der Waals surface area contributed by atoms with Gasteiger partial charge in [0, 0.05) is 25.0 Å². The molecule has 0 spiro atoms. The monoisotopic (exact) mass is 433 g/mol. The van der Waals surface area contributed by atoms with Crippen molar-refractivity contribution in [1.82, 2.24) is 24.5 Å². The van der Waals surface area contributed by atoms with Crippen LogP contribution in [0.3, 0.4) is 0 Å². The molecule has 158 valence electrons. The Labute approximate surface area is 184 Å². The maximum atomic E-state index is 12.7. The smallest absolute Gasteiger partial charge is 0.274 e. The van der Waals surface area contributed by atoms with E-state index in [4.69, 9.17) is 0 Å². The lowest BCUT2D eigenvalue weighted by Gasteiger charge is -2.08. The van der Waals surface area contributed by atoms with Gasteiger partial charge in [0.05, 0.1) is 23.3 Å². The number of hydrogen-bond acceptors (Lipinski definition) is 6. The van der Waals surface area contributed by atoms with Crippen LogP contribution in [0.4, 0.5) is 0 Å². The van der Waals surface area contributed by atoms with Gasteiger partial charge in [-0.05, 0) is 25.5 Å². The fraction of sp³-hybridized carbons (Fsp3) is 0.261. The molecule has 0 bridgehead atoms. The standard InChI is InChI=1S/C23H23N5O2S/c1-14-9-10-16(15(2)11-14)20(29)13-31-23-25-24-21(27(23)3)12-19-17-7-5-6-8-18(17)22(30)28(4)26-19/h5-11H,12-13H2,1-4H3. The third kappa shape index (κ3) is 4.16. The molecular formula is C23H23N5O2S. The number of aromatic nitrogens is 5. The van der Waals surface area contributed by atoms with Crippen molar-refractivity contribution < 1.29 is 4.79 Å². The van der Waals surface area contributed by atoms with Crippen LogP contribution in [0.15, 0.2) is 52.4 Å². The second kappa shape index (κ2) is 8.47. The van der Waals surface area contributed by atoms with Crippen molar-refractivity contribution in [3.63, 3.8) is 0 Å². The molecule has 0 aliphatic carbocycles. The van der Waals surface area contributed by atoms with Crippen molar-refractivity contribution in [1.29, 1.82) is 0 Å². The maximum absolute atomic E-state index is 12.7. The minimum Gasteiger partial charge on any atom is -0.309 e. The van der Waals surface area contributed by atoms with Crippen molar-refractivity contribution in [2.24, 2.45) is 14.1 Å². The predicted octanol–water partition coefficient (Wildman–Crippen LogP) is 3.24. The fourth-order valence-corrected chi connectivity index (χ4v) is 4.43. The van der Waals surface area contributed by atoms with Crippen LogP contribution in [0.1, 0.15) is 33.0 Å². The van der Waals surface area contributed by atoms with Crippen molar-refractivity contribution in [3.05, 3.63) is 81.0 Å². The molecule has 0 aliphatic heterocycles. The van der Waals surface area contributed by atoms with E-state index in [9.17, 15) is 9.59 Å². The van der Waals surface area contributed by atoms with Gasteiger partial charge < -0.3 is 4.57 Å². The summed E-state index contributed by atoms with van der Waals surface area (Å²) in [4.78, 5) is 25.0. The second-order valence-electron chi connectivity index (χ2n) is 7.59. The van der Waals surface area contributed by atoms with Crippen LogP contribution in [0.5, 0.6) is 0 Å². The van der Waals surface area contributed by atoms with E-state index in [1.54, 1.807) is 13.1 Å². The van der Waals surface area contributed by atoms with Crippen molar-refractivity contribution in [2.75, 3.05) is 5.75 Å². The van der Waals surface area contributed by atoms with Crippen molar-refractivity contribution >= 4 is 28.3 Å². The van der Waals surface area contributed by atoms with Crippen LogP contribution in [0, 0.1) is 13.8 Å². The molecule has 4 rings (SSSR count). The van der Waals surface area contributed by atoms with Crippen LogP contribution in [-0.2, 0) is 20.5 Å². The molecule has 0 radical (unpaired) electrons. The number of benzene rings is 2. The van der Waals surface area contributed by atoms with E-state index in [-0.39, 0.29) is 17.1 Å². The summed E-state index contributed by atoms with van der Waals surface area (Å²) < 4.78 is 3.23. The summed E-state index contributed by atoms with van der Waals surface area (Å²) in [6, 6.07) is 13.3. The van der Waals surface area contributed by atoms with Crippen molar-refractivity contribution in [2.45, 2.75) is 25.4 Å². The van der Waals surface area contributed by atoms with Gasteiger partial charge in [0.1, 0.15) is 5.82 Å². The van der Waals surface area contributed by atoms with Gasteiger partial charge in [-0.3, -0.25) is 9.59 Å². The number of fused-ring (bicyclic) bond motifs is 1. The maximum Gasteiger partial charge on any atom is 0.274 e. The number of ketones is 1. The highest BCUT2D eigenvalue weighted by atomic mass is 32.2. The number of carbonyl (C=O) groups excluding carboxylic acids is 1. The first-order valence-corrected chi connectivity index (χ1v) is 10.9. The SMILES string of the molecule is Cc1ccc(C(=O)CSc2nnc(Cc3nn(C)c(=O)c4ccccc34)n2C)c(C)c1. The average Bonchev–Trinajstić information content (AvgIpc) is 3.09. The van der Waals surface area contributed by atoms with E-state index < -0.39 is 0 Å². The Morgan fingerprint density at radius 1 is 1.03 bits per heavy atom. The lowest BCUT2D eigenvalue weighted by atomic mass is 10.0. The van der Waals surface area contributed by atoms with Gasteiger partial charge in [-0.15, -0.1) is 10.2 Å². The van der Waals surface area contributed by atoms with E-state index in [2.05, 4.69) is 15.3 Å². The Morgan fingerprint density at radius 2 is 1.77 bits per heavy atom. The summed E-state index contributed by atoms with van der Waals surface area (Å²) in [7, 11) is 3.53. The molecule has 0 unspecified atom stereocenters. The second-order valence-corrected chi connectivity index (χ2v) is 8.53. The summed E-state index contributed by atoms with van der Waals surface area (Å²) in [5, 5.41) is 15.1. The highest BCUT2D eigenvalue weighted by Crippen LogP contribution is 2.21. The van der Waals surface area contributed by atoms with Gasteiger partial charge in [0.25, 0.3) is 5.56 Å². The van der Waals surface area contributed by atoms with E-state index in [1.165, 1.54) is 16.4 Å². The Bertz CT molecular complexity index is 1360. The molecule has 2 aromatic heterocycles. The van der Waals surface area contributed by atoms with E-state index in [0.29, 0.717) is 17.0 Å². The molecule has 0 fully saturated rings. The minimum absolute atomic E-state index is 0.0674. The van der Waals surface area contributed by atoms with Gasteiger partial charge in [0.15, 0.2) is 10.9 Å². The summed E-state index contributed by atoms with van der Waals surface area (Å²) in [6.45, 7) is 3.97. The molecule has 0 N–H and O–H groups in total. The van der Waals surface area contributed by atoms with E-state index in [1.807, 2.05) is 61.9 Å². The molecule has 0 atom stereocenters. The number of carbonyl (C=O) groups is 1. The molecule has 2 aromatic carbocycles. The Balaban J connectivity index is 1.54. The van der Waals surface area contributed by atoms with Crippen LogP contribution in [0.2, 0.25) is 0 Å². The van der Waals surface area contributed by atoms with E-state index >= 15 is 0 Å². The molecule has 0 aliphatic rings. The van der Waals surface area contributed by atoms with Crippen LogP contribution in [0.25, 0.3) is 10.8 Å². The Kier molecular flexibility index (Phi) is 5.73. The molecule has 0 saturated carbocycles.